The topological polar surface area (TPSA) is 83.5 Å². The van der Waals surface area contributed by atoms with Crippen molar-refractivity contribution in [2.75, 3.05) is 0 Å². The van der Waals surface area contributed by atoms with Gasteiger partial charge in [0, 0.05) is 6.04 Å². The lowest BCUT2D eigenvalue weighted by Crippen LogP contribution is -2.34. The Hall–Kier alpha value is -1.18. The minimum absolute atomic E-state index is 0.285. The summed E-state index contributed by atoms with van der Waals surface area (Å²) in [6.07, 6.45) is 2.00. The molecule has 118 valence electrons. The van der Waals surface area contributed by atoms with E-state index < -0.39 is 37.3 Å². The molecular formula is C13H17ClFNO4S. The number of nitrogens with one attached hydrogen (secondary N) is 1. The van der Waals surface area contributed by atoms with Crippen molar-refractivity contribution in [3.63, 3.8) is 0 Å². The molecule has 1 atom stereocenters. The van der Waals surface area contributed by atoms with Gasteiger partial charge in [-0.1, -0.05) is 31.9 Å². The van der Waals surface area contributed by atoms with Crippen LogP contribution < -0.4 is 4.72 Å². The Labute approximate surface area is 128 Å². The zero-order valence-corrected chi connectivity index (χ0v) is 13.3. The highest BCUT2D eigenvalue weighted by molar-refractivity contribution is 7.89. The number of rotatable bonds is 7. The molecule has 1 rings (SSSR count). The monoisotopic (exact) mass is 337 g/mol. The van der Waals surface area contributed by atoms with Gasteiger partial charge in [-0.05, 0) is 25.0 Å². The quantitative estimate of drug-likeness (QED) is 0.801. The molecule has 1 aromatic carbocycles. The number of carbonyl (C=O) groups is 1. The highest BCUT2D eigenvalue weighted by Crippen LogP contribution is 2.25. The molecule has 0 heterocycles. The minimum Gasteiger partial charge on any atom is -0.478 e. The highest BCUT2D eigenvalue weighted by atomic mass is 35.5. The maximum absolute atomic E-state index is 13.6. The van der Waals surface area contributed by atoms with Gasteiger partial charge in [0.1, 0.15) is 5.82 Å². The number of halogens is 2. The predicted octanol–water partition coefficient (Wildman–Crippen LogP) is 3.03. The highest BCUT2D eigenvalue weighted by Gasteiger charge is 2.23. The number of benzene rings is 1. The van der Waals surface area contributed by atoms with Gasteiger partial charge in [0.2, 0.25) is 10.0 Å². The standard InChI is InChI=1S/C13H17ClFNO4S/c1-3-5-8(4-2)16-21(19,20)9-6-10(13(17)18)12(14)11(15)7-9/h6-8,16H,3-5H2,1-2H3,(H,17,18). The van der Waals surface area contributed by atoms with Crippen molar-refractivity contribution < 1.29 is 22.7 Å². The van der Waals surface area contributed by atoms with E-state index in [2.05, 4.69) is 4.72 Å². The van der Waals surface area contributed by atoms with E-state index in [9.17, 15) is 17.6 Å². The van der Waals surface area contributed by atoms with Gasteiger partial charge in [-0.15, -0.1) is 0 Å². The maximum Gasteiger partial charge on any atom is 0.337 e. The van der Waals surface area contributed by atoms with Gasteiger partial charge in [-0.3, -0.25) is 0 Å². The average Bonchev–Trinajstić information content (AvgIpc) is 2.40. The summed E-state index contributed by atoms with van der Waals surface area (Å²) < 4.78 is 40.5. The summed E-state index contributed by atoms with van der Waals surface area (Å²) >= 11 is 5.52. The van der Waals surface area contributed by atoms with Crippen molar-refractivity contribution in [2.24, 2.45) is 0 Å². The number of carboxylic acid groups (broad SMARTS) is 1. The van der Waals surface area contributed by atoms with Gasteiger partial charge < -0.3 is 5.11 Å². The molecule has 21 heavy (non-hydrogen) atoms. The molecule has 0 saturated heterocycles. The molecule has 0 aliphatic carbocycles. The Balaban J connectivity index is 3.23. The fourth-order valence-electron chi connectivity index (χ4n) is 1.86. The average molecular weight is 338 g/mol. The van der Waals surface area contributed by atoms with Crippen molar-refractivity contribution in [1.29, 1.82) is 0 Å². The molecular weight excluding hydrogens is 321 g/mol. The van der Waals surface area contributed by atoms with Gasteiger partial charge in [0.05, 0.1) is 15.5 Å². The molecule has 0 aliphatic heterocycles. The van der Waals surface area contributed by atoms with E-state index in [-0.39, 0.29) is 6.04 Å². The third-order valence-corrected chi connectivity index (χ3v) is 4.88. The number of hydrogen-bond donors (Lipinski definition) is 2. The van der Waals surface area contributed by atoms with E-state index in [0.29, 0.717) is 12.8 Å². The van der Waals surface area contributed by atoms with Gasteiger partial charge >= 0.3 is 5.97 Å². The molecule has 1 unspecified atom stereocenters. The fourth-order valence-corrected chi connectivity index (χ4v) is 3.44. The first-order valence-electron chi connectivity index (χ1n) is 6.47. The summed E-state index contributed by atoms with van der Waals surface area (Å²) in [6.45, 7) is 3.75. The summed E-state index contributed by atoms with van der Waals surface area (Å²) in [6, 6.07) is 1.29. The number of aromatic carboxylic acids is 1. The van der Waals surface area contributed by atoms with Crippen LogP contribution in [0.5, 0.6) is 0 Å². The van der Waals surface area contributed by atoms with Crippen LogP contribution in [0.2, 0.25) is 5.02 Å². The maximum atomic E-state index is 13.6. The second-order valence-electron chi connectivity index (χ2n) is 4.59. The van der Waals surface area contributed by atoms with Crippen LogP contribution in [0.1, 0.15) is 43.5 Å². The summed E-state index contributed by atoms with van der Waals surface area (Å²) in [7, 11) is -4.00. The lowest BCUT2D eigenvalue weighted by atomic mass is 10.1. The largest absolute Gasteiger partial charge is 0.478 e. The number of hydrogen-bond acceptors (Lipinski definition) is 3. The Morgan fingerprint density at radius 3 is 2.52 bits per heavy atom. The summed E-state index contributed by atoms with van der Waals surface area (Å²) in [5.41, 5.74) is -0.583. The molecule has 2 N–H and O–H groups in total. The zero-order valence-electron chi connectivity index (χ0n) is 11.7. The van der Waals surface area contributed by atoms with E-state index in [4.69, 9.17) is 16.7 Å². The van der Waals surface area contributed by atoms with Crippen molar-refractivity contribution in [3.05, 3.63) is 28.5 Å². The molecule has 8 heteroatoms. The fraction of sp³-hybridized carbons (Fsp3) is 0.462. The van der Waals surface area contributed by atoms with Gasteiger partial charge in [0.15, 0.2) is 0 Å². The van der Waals surface area contributed by atoms with Crippen LogP contribution >= 0.6 is 11.6 Å². The van der Waals surface area contributed by atoms with Crippen LogP contribution in [0.25, 0.3) is 0 Å². The molecule has 0 saturated carbocycles. The van der Waals surface area contributed by atoms with Gasteiger partial charge in [-0.25, -0.2) is 22.3 Å². The lowest BCUT2D eigenvalue weighted by molar-refractivity contribution is 0.0696. The second-order valence-corrected chi connectivity index (χ2v) is 6.68. The number of sulfonamides is 1. The van der Waals surface area contributed by atoms with Crippen LogP contribution in [0, 0.1) is 5.82 Å². The first-order chi connectivity index (χ1) is 9.72. The summed E-state index contributed by atoms with van der Waals surface area (Å²) in [5, 5.41) is 8.32. The zero-order chi connectivity index (χ0) is 16.2. The third-order valence-electron chi connectivity index (χ3n) is 2.99. The van der Waals surface area contributed by atoms with Crippen molar-refractivity contribution in [3.8, 4) is 0 Å². The van der Waals surface area contributed by atoms with E-state index in [1.165, 1.54) is 0 Å². The van der Waals surface area contributed by atoms with Crippen LogP contribution in [0.3, 0.4) is 0 Å². The van der Waals surface area contributed by atoms with Crippen LogP contribution in [-0.4, -0.2) is 25.5 Å². The van der Waals surface area contributed by atoms with Crippen molar-refractivity contribution >= 4 is 27.6 Å². The molecule has 0 fully saturated rings. The van der Waals surface area contributed by atoms with E-state index in [0.717, 1.165) is 18.6 Å². The molecule has 0 aromatic heterocycles. The van der Waals surface area contributed by atoms with Crippen LogP contribution in [0.15, 0.2) is 17.0 Å². The minimum atomic E-state index is -4.00. The lowest BCUT2D eigenvalue weighted by Gasteiger charge is -2.16. The Morgan fingerprint density at radius 1 is 1.43 bits per heavy atom. The summed E-state index contributed by atoms with van der Waals surface area (Å²) in [4.78, 5) is 10.5. The molecule has 0 bridgehead atoms. The first-order valence-corrected chi connectivity index (χ1v) is 8.33. The summed E-state index contributed by atoms with van der Waals surface area (Å²) in [5.74, 6) is -2.57. The molecule has 0 radical (unpaired) electrons. The van der Waals surface area contributed by atoms with Gasteiger partial charge in [-0.2, -0.15) is 0 Å². The molecule has 0 spiro atoms. The Kier molecular flexibility index (Phi) is 6.12. The molecule has 5 nitrogen and oxygen atoms in total. The van der Waals surface area contributed by atoms with Crippen molar-refractivity contribution in [1.82, 2.24) is 4.72 Å². The van der Waals surface area contributed by atoms with Crippen molar-refractivity contribution in [2.45, 2.75) is 44.0 Å². The van der Waals surface area contributed by atoms with Gasteiger partial charge in [0.25, 0.3) is 0 Å². The smallest absolute Gasteiger partial charge is 0.337 e. The number of carboxylic acids is 1. The third kappa shape index (κ3) is 4.39. The molecule has 0 aliphatic rings. The SMILES string of the molecule is CCCC(CC)NS(=O)(=O)c1cc(F)c(Cl)c(C(=O)O)c1. The first kappa shape index (κ1) is 17.9. The van der Waals surface area contributed by atoms with Crippen LogP contribution in [-0.2, 0) is 10.0 Å². The second kappa shape index (κ2) is 7.20. The molecule has 0 amide bonds. The van der Waals surface area contributed by atoms with E-state index in [1.54, 1.807) is 0 Å². The van der Waals surface area contributed by atoms with E-state index in [1.807, 2.05) is 13.8 Å². The molecule has 1 aromatic rings. The van der Waals surface area contributed by atoms with E-state index >= 15 is 0 Å². The Morgan fingerprint density at radius 2 is 2.05 bits per heavy atom. The normalized spacial score (nSPS) is 13.1. The van der Waals surface area contributed by atoms with Crippen LogP contribution in [0.4, 0.5) is 4.39 Å². The predicted molar refractivity (Wildman–Crippen MR) is 77.7 cm³/mol. The Bertz CT molecular complexity index is 633.